The van der Waals surface area contributed by atoms with Gasteiger partial charge in [-0.25, -0.2) is 0 Å². The summed E-state index contributed by atoms with van der Waals surface area (Å²) in [4.78, 5) is 24.2. The molecular weight excluding hydrogens is 366 g/mol. The molecule has 0 aliphatic carbocycles. The van der Waals surface area contributed by atoms with E-state index in [0.29, 0.717) is 33.3 Å². The van der Waals surface area contributed by atoms with E-state index in [4.69, 9.17) is 16.1 Å². The topological polar surface area (TPSA) is 84.2 Å². The van der Waals surface area contributed by atoms with Crippen molar-refractivity contribution in [2.75, 3.05) is 12.4 Å². The van der Waals surface area contributed by atoms with Crippen LogP contribution in [-0.4, -0.2) is 24.0 Å². The molecule has 7 heteroatoms. The molecule has 2 N–H and O–H groups in total. The summed E-state index contributed by atoms with van der Waals surface area (Å²) in [6.45, 7) is 1.68. The largest absolute Gasteiger partial charge is 0.360 e. The van der Waals surface area contributed by atoms with Crippen molar-refractivity contribution in [1.29, 1.82) is 0 Å². The third-order valence-corrected chi connectivity index (χ3v) is 4.40. The van der Waals surface area contributed by atoms with Gasteiger partial charge in [0, 0.05) is 18.3 Å². The fraction of sp³-hybridized carbons (Fsp3) is 0.150. The highest BCUT2D eigenvalue weighted by atomic mass is 35.5. The predicted octanol–water partition coefficient (Wildman–Crippen LogP) is 3.84. The zero-order chi connectivity index (χ0) is 19.4. The first-order valence-electron chi connectivity index (χ1n) is 8.31. The molecule has 0 saturated heterocycles. The van der Waals surface area contributed by atoms with Crippen LogP contribution < -0.4 is 10.6 Å². The number of nitrogens with one attached hydrogen (secondary N) is 2. The molecule has 2 aromatic carbocycles. The number of carbonyl (C=O) groups excluding carboxylic acids is 2. The maximum atomic E-state index is 12.8. The van der Waals surface area contributed by atoms with Gasteiger partial charge >= 0.3 is 0 Å². The van der Waals surface area contributed by atoms with E-state index in [1.165, 1.54) is 0 Å². The van der Waals surface area contributed by atoms with Crippen LogP contribution in [0.4, 0.5) is 5.69 Å². The predicted molar refractivity (Wildman–Crippen MR) is 104 cm³/mol. The number of amides is 2. The van der Waals surface area contributed by atoms with Crippen molar-refractivity contribution < 1.29 is 14.1 Å². The van der Waals surface area contributed by atoms with Crippen LogP contribution in [-0.2, 0) is 11.2 Å². The molecule has 0 fully saturated rings. The summed E-state index contributed by atoms with van der Waals surface area (Å²) < 4.78 is 5.23. The summed E-state index contributed by atoms with van der Waals surface area (Å²) in [7, 11) is 1.59. The number of hydrogen-bond donors (Lipinski definition) is 2. The van der Waals surface area contributed by atoms with Crippen molar-refractivity contribution in [2.45, 2.75) is 13.3 Å². The minimum Gasteiger partial charge on any atom is -0.360 e. The van der Waals surface area contributed by atoms with E-state index >= 15 is 0 Å². The zero-order valence-electron chi connectivity index (χ0n) is 14.9. The maximum Gasteiger partial charge on any atom is 0.261 e. The molecule has 0 spiro atoms. The third-order valence-electron chi connectivity index (χ3n) is 4.07. The van der Waals surface area contributed by atoms with Crippen LogP contribution in [0.25, 0.3) is 11.3 Å². The van der Waals surface area contributed by atoms with Crippen molar-refractivity contribution in [2.24, 2.45) is 0 Å². The molecule has 1 aromatic heterocycles. The van der Waals surface area contributed by atoms with Gasteiger partial charge in [-0.15, -0.1) is 0 Å². The van der Waals surface area contributed by atoms with E-state index in [0.717, 1.165) is 5.56 Å². The molecule has 3 aromatic rings. The quantitative estimate of drug-likeness (QED) is 0.701. The molecular formula is C20H18ClN3O3. The Hall–Kier alpha value is -3.12. The lowest BCUT2D eigenvalue weighted by Gasteiger charge is -2.08. The lowest BCUT2D eigenvalue weighted by Crippen LogP contribution is -2.19. The van der Waals surface area contributed by atoms with Gasteiger partial charge in [-0.3, -0.25) is 9.59 Å². The second kappa shape index (κ2) is 8.05. The molecule has 27 heavy (non-hydrogen) atoms. The Bertz CT molecular complexity index is 980. The van der Waals surface area contributed by atoms with Gasteiger partial charge in [-0.05, 0) is 30.7 Å². The first-order valence-corrected chi connectivity index (χ1v) is 8.69. The Kier molecular flexibility index (Phi) is 5.57. The molecule has 0 unspecified atom stereocenters. The van der Waals surface area contributed by atoms with Crippen LogP contribution in [0.3, 0.4) is 0 Å². The minimum atomic E-state index is -0.345. The molecule has 2 amide bonds. The molecule has 0 aliphatic rings. The molecule has 1 heterocycles. The number of carbonyl (C=O) groups is 2. The zero-order valence-corrected chi connectivity index (χ0v) is 15.6. The highest BCUT2D eigenvalue weighted by Gasteiger charge is 2.23. The third kappa shape index (κ3) is 4.17. The Morgan fingerprint density at radius 3 is 2.48 bits per heavy atom. The van der Waals surface area contributed by atoms with Crippen LogP contribution in [0.2, 0.25) is 5.02 Å². The van der Waals surface area contributed by atoms with Crippen LogP contribution in [0.5, 0.6) is 0 Å². The van der Waals surface area contributed by atoms with Crippen LogP contribution in [0.15, 0.2) is 53.1 Å². The average Bonchev–Trinajstić information content (AvgIpc) is 3.05. The molecule has 0 aliphatic heterocycles. The average molecular weight is 384 g/mol. The Morgan fingerprint density at radius 2 is 1.81 bits per heavy atom. The SMILES string of the molecule is CNC(=O)Cc1ccc(NC(=O)c2c(-c3ccccc3Cl)noc2C)cc1. The van der Waals surface area contributed by atoms with E-state index in [1.54, 1.807) is 56.4 Å². The lowest BCUT2D eigenvalue weighted by atomic mass is 10.1. The molecule has 0 bridgehead atoms. The van der Waals surface area contributed by atoms with E-state index in [2.05, 4.69) is 15.8 Å². The summed E-state index contributed by atoms with van der Waals surface area (Å²) >= 11 is 6.23. The Balaban J connectivity index is 1.82. The normalized spacial score (nSPS) is 10.5. The smallest absolute Gasteiger partial charge is 0.261 e. The van der Waals surface area contributed by atoms with Crippen molar-refractivity contribution in [3.63, 3.8) is 0 Å². The first-order chi connectivity index (χ1) is 13.0. The van der Waals surface area contributed by atoms with Crippen LogP contribution in [0.1, 0.15) is 21.7 Å². The number of nitrogens with zero attached hydrogens (tertiary/aromatic N) is 1. The number of aryl methyl sites for hydroxylation is 1. The van der Waals surface area contributed by atoms with Gasteiger partial charge in [0.2, 0.25) is 5.91 Å². The second-order valence-corrected chi connectivity index (χ2v) is 6.35. The number of anilines is 1. The van der Waals surface area contributed by atoms with Gasteiger partial charge in [0.25, 0.3) is 5.91 Å². The first kappa shape index (κ1) is 18.7. The van der Waals surface area contributed by atoms with Gasteiger partial charge in [-0.1, -0.05) is 47.1 Å². The molecule has 138 valence electrons. The van der Waals surface area contributed by atoms with Gasteiger partial charge in [-0.2, -0.15) is 0 Å². The fourth-order valence-electron chi connectivity index (χ4n) is 2.65. The van der Waals surface area contributed by atoms with Crippen LogP contribution in [0, 0.1) is 6.92 Å². The number of hydrogen-bond acceptors (Lipinski definition) is 4. The van der Waals surface area contributed by atoms with Gasteiger partial charge < -0.3 is 15.2 Å². The van der Waals surface area contributed by atoms with E-state index in [1.807, 2.05) is 6.07 Å². The molecule has 3 rings (SSSR count). The lowest BCUT2D eigenvalue weighted by molar-refractivity contribution is -0.119. The van der Waals surface area contributed by atoms with Crippen LogP contribution >= 0.6 is 11.6 Å². The second-order valence-electron chi connectivity index (χ2n) is 5.94. The van der Waals surface area contributed by atoms with Crippen molar-refractivity contribution in [1.82, 2.24) is 10.5 Å². The summed E-state index contributed by atoms with van der Waals surface area (Å²) in [5, 5.41) is 9.89. The molecule has 0 radical (unpaired) electrons. The van der Waals surface area contributed by atoms with Gasteiger partial charge in [0.1, 0.15) is 17.0 Å². The monoisotopic (exact) mass is 383 g/mol. The van der Waals surface area contributed by atoms with Gasteiger partial charge in [0.15, 0.2) is 0 Å². The number of aromatic nitrogens is 1. The fourth-order valence-corrected chi connectivity index (χ4v) is 2.88. The van der Waals surface area contributed by atoms with E-state index in [9.17, 15) is 9.59 Å². The molecule has 6 nitrogen and oxygen atoms in total. The summed E-state index contributed by atoms with van der Waals surface area (Å²) in [5.74, 6) is -0.0161. The summed E-state index contributed by atoms with van der Waals surface area (Å²) in [5.41, 5.74) is 2.81. The number of benzene rings is 2. The molecule has 0 atom stereocenters. The van der Waals surface area contributed by atoms with Crippen molar-refractivity contribution >= 4 is 29.1 Å². The number of halogens is 1. The highest BCUT2D eigenvalue weighted by molar-refractivity contribution is 6.33. The van der Waals surface area contributed by atoms with Crippen molar-refractivity contribution in [3.8, 4) is 11.3 Å². The molecule has 0 saturated carbocycles. The van der Waals surface area contributed by atoms with Crippen molar-refractivity contribution in [3.05, 3.63) is 70.4 Å². The Labute approximate surface area is 161 Å². The number of likely N-dealkylation sites (N-methyl/N-ethyl adjacent to an activating group) is 1. The standard InChI is InChI=1S/C20H18ClN3O3/c1-12-18(19(24-27-12)15-5-3-4-6-16(15)21)20(26)23-14-9-7-13(8-10-14)11-17(25)22-2/h3-10H,11H2,1-2H3,(H,22,25)(H,23,26). The van der Waals surface area contributed by atoms with E-state index in [-0.39, 0.29) is 18.2 Å². The van der Waals surface area contributed by atoms with E-state index < -0.39 is 0 Å². The number of rotatable bonds is 5. The maximum absolute atomic E-state index is 12.8. The minimum absolute atomic E-state index is 0.0729. The summed E-state index contributed by atoms with van der Waals surface area (Å²) in [6, 6.07) is 14.2. The Morgan fingerprint density at radius 1 is 1.11 bits per heavy atom. The van der Waals surface area contributed by atoms with Gasteiger partial charge in [0.05, 0.1) is 11.4 Å². The summed E-state index contributed by atoms with van der Waals surface area (Å²) in [6.07, 6.45) is 0.284. The highest BCUT2D eigenvalue weighted by Crippen LogP contribution is 2.31.